The van der Waals surface area contributed by atoms with Crippen molar-refractivity contribution in [1.82, 2.24) is 4.98 Å². The van der Waals surface area contributed by atoms with Gasteiger partial charge in [0, 0.05) is 4.47 Å². The summed E-state index contributed by atoms with van der Waals surface area (Å²) in [4.78, 5) is 14.6. The number of aromatic carboxylic acids is 1. The maximum absolute atomic E-state index is 10.6. The molecule has 2 rings (SSSR count). The van der Waals surface area contributed by atoms with Crippen LogP contribution in [-0.2, 0) is 0 Å². The number of fused-ring (bicyclic) bond motifs is 1. The first-order valence-corrected chi connectivity index (χ1v) is 5.08. The lowest BCUT2D eigenvalue weighted by Crippen LogP contribution is -1.93. The second kappa shape index (κ2) is 3.08. The van der Waals surface area contributed by atoms with Gasteiger partial charge in [-0.1, -0.05) is 6.07 Å². The van der Waals surface area contributed by atoms with Crippen LogP contribution >= 0.6 is 27.3 Å². The summed E-state index contributed by atoms with van der Waals surface area (Å²) in [5, 5.41) is 8.84. The number of nitrogens with zero attached hydrogens (tertiary/aromatic N) is 1. The molecule has 0 amide bonds. The predicted octanol–water partition coefficient (Wildman–Crippen LogP) is 2.76. The van der Waals surface area contributed by atoms with Crippen LogP contribution in [0.1, 0.15) is 9.80 Å². The number of carboxylic acids is 1. The molecule has 2 aromatic rings. The van der Waals surface area contributed by atoms with E-state index in [0.29, 0.717) is 5.52 Å². The Labute approximate surface area is 86.2 Å². The van der Waals surface area contributed by atoms with Crippen molar-refractivity contribution in [2.45, 2.75) is 0 Å². The number of thiazole rings is 1. The summed E-state index contributed by atoms with van der Waals surface area (Å²) in [6.07, 6.45) is 0. The average Bonchev–Trinajstić information content (AvgIpc) is 2.49. The first-order chi connectivity index (χ1) is 6.18. The minimum absolute atomic E-state index is 0.127. The van der Waals surface area contributed by atoms with Crippen LogP contribution in [0.4, 0.5) is 0 Å². The molecule has 0 spiro atoms. The Hall–Kier alpha value is -0.940. The fourth-order valence-electron chi connectivity index (χ4n) is 1.01. The molecule has 1 N–H and O–H groups in total. The third kappa shape index (κ3) is 1.45. The van der Waals surface area contributed by atoms with Crippen molar-refractivity contribution in [3.8, 4) is 0 Å². The second-order valence-corrected chi connectivity index (χ2v) is 4.30. The van der Waals surface area contributed by atoms with Crippen molar-refractivity contribution < 1.29 is 9.90 Å². The zero-order chi connectivity index (χ0) is 9.42. The molecule has 1 heterocycles. The minimum atomic E-state index is -0.979. The fraction of sp³-hybridized carbons (Fsp3) is 0. The van der Waals surface area contributed by atoms with Gasteiger partial charge < -0.3 is 5.11 Å². The van der Waals surface area contributed by atoms with E-state index in [2.05, 4.69) is 20.9 Å². The molecule has 3 nitrogen and oxygen atoms in total. The molecule has 0 fully saturated rings. The van der Waals surface area contributed by atoms with Gasteiger partial charge in [-0.25, -0.2) is 9.78 Å². The van der Waals surface area contributed by atoms with Crippen LogP contribution in [0.25, 0.3) is 10.2 Å². The number of carbonyl (C=O) groups is 1. The SMILES string of the molecule is O=C(O)c1nc2c(Br)cccc2s1. The summed E-state index contributed by atoms with van der Waals surface area (Å²) in [6, 6.07) is 5.55. The summed E-state index contributed by atoms with van der Waals surface area (Å²) in [5.41, 5.74) is 0.713. The van der Waals surface area contributed by atoms with Crippen LogP contribution in [0.3, 0.4) is 0 Å². The van der Waals surface area contributed by atoms with Gasteiger partial charge in [-0.05, 0) is 28.1 Å². The highest BCUT2D eigenvalue weighted by Crippen LogP contribution is 2.27. The van der Waals surface area contributed by atoms with Crippen molar-refractivity contribution in [1.29, 1.82) is 0 Å². The molecule has 0 unspecified atom stereocenters. The number of halogens is 1. The van der Waals surface area contributed by atoms with Crippen molar-refractivity contribution >= 4 is 43.5 Å². The third-order valence-electron chi connectivity index (χ3n) is 1.55. The van der Waals surface area contributed by atoms with E-state index in [-0.39, 0.29) is 5.01 Å². The van der Waals surface area contributed by atoms with Crippen LogP contribution in [0.5, 0.6) is 0 Å². The predicted molar refractivity (Wildman–Crippen MR) is 54.3 cm³/mol. The monoisotopic (exact) mass is 257 g/mol. The van der Waals surface area contributed by atoms with Gasteiger partial charge in [0.2, 0.25) is 5.01 Å². The van der Waals surface area contributed by atoms with Crippen LogP contribution < -0.4 is 0 Å². The Balaban J connectivity index is 2.75. The molecule has 13 heavy (non-hydrogen) atoms. The smallest absolute Gasteiger partial charge is 0.365 e. The Morgan fingerprint density at radius 2 is 2.31 bits per heavy atom. The van der Waals surface area contributed by atoms with E-state index < -0.39 is 5.97 Å². The Bertz CT molecular complexity index is 480. The second-order valence-electron chi connectivity index (χ2n) is 2.41. The van der Waals surface area contributed by atoms with Crippen LogP contribution in [-0.4, -0.2) is 16.1 Å². The maximum atomic E-state index is 10.6. The number of aromatic nitrogens is 1. The average molecular weight is 258 g/mol. The van der Waals surface area contributed by atoms with E-state index in [4.69, 9.17) is 5.11 Å². The zero-order valence-electron chi connectivity index (χ0n) is 6.32. The molecule has 66 valence electrons. The van der Waals surface area contributed by atoms with Gasteiger partial charge in [-0.15, -0.1) is 11.3 Å². The van der Waals surface area contributed by atoms with Crippen LogP contribution in [0.2, 0.25) is 0 Å². The Kier molecular flexibility index (Phi) is 2.05. The van der Waals surface area contributed by atoms with E-state index in [9.17, 15) is 4.79 Å². The van der Waals surface area contributed by atoms with E-state index in [1.165, 1.54) is 11.3 Å². The minimum Gasteiger partial charge on any atom is -0.476 e. The molecule has 0 atom stereocenters. The van der Waals surface area contributed by atoms with E-state index in [1.807, 2.05) is 18.2 Å². The van der Waals surface area contributed by atoms with Crippen LogP contribution in [0, 0.1) is 0 Å². The highest BCUT2D eigenvalue weighted by molar-refractivity contribution is 9.10. The number of hydrogen-bond donors (Lipinski definition) is 1. The molecular formula is C8H4BrNO2S. The molecule has 0 aliphatic carbocycles. The van der Waals surface area contributed by atoms with Gasteiger partial charge in [-0.3, -0.25) is 0 Å². The molecule has 0 saturated carbocycles. The lowest BCUT2D eigenvalue weighted by Gasteiger charge is -1.88. The summed E-state index contributed by atoms with van der Waals surface area (Å²) in [5.74, 6) is -0.979. The van der Waals surface area contributed by atoms with Crippen molar-refractivity contribution in [3.05, 3.63) is 27.7 Å². The largest absolute Gasteiger partial charge is 0.476 e. The Morgan fingerprint density at radius 1 is 1.54 bits per heavy atom. The summed E-state index contributed by atoms with van der Waals surface area (Å²) >= 11 is 4.49. The molecule has 1 aromatic heterocycles. The van der Waals surface area contributed by atoms with E-state index in [0.717, 1.165) is 9.17 Å². The lowest BCUT2D eigenvalue weighted by molar-refractivity contribution is 0.0696. The molecule has 1 aromatic carbocycles. The zero-order valence-corrected chi connectivity index (χ0v) is 8.72. The number of para-hydroxylation sites is 1. The van der Waals surface area contributed by atoms with E-state index >= 15 is 0 Å². The van der Waals surface area contributed by atoms with Gasteiger partial charge in [0.05, 0.1) is 10.2 Å². The third-order valence-corrected chi connectivity index (χ3v) is 3.20. The van der Waals surface area contributed by atoms with Crippen molar-refractivity contribution in [2.75, 3.05) is 0 Å². The van der Waals surface area contributed by atoms with Crippen molar-refractivity contribution in [2.24, 2.45) is 0 Å². The van der Waals surface area contributed by atoms with E-state index in [1.54, 1.807) is 0 Å². The number of benzene rings is 1. The number of carboxylic acid groups (broad SMARTS) is 1. The molecule has 0 bridgehead atoms. The molecule has 0 aliphatic heterocycles. The topological polar surface area (TPSA) is 50.2 Å². The first kappa shape index (κ1) is 8.65. The standard InChI is InChI=1S/C8H4BrNO2S/c9-4-2-1-3-5-6(4)10-7(13-5)8(11)12/h1-3H,(H,11,12). The Morgan fingerprint density at radius 3 is 2.92 bits per heavy atom. The molecule has 0 radical (unpaired) electrons. The van der Waals surface area contributed by atoms with Gasteiger partial charge >= 0.3 is 5.97 Å². The molecule has 0 saturated heterocycles. The summed E-state index contributed by atoms with van der Waals surface area (Å²) in [7, 11) is 0. The van der Waals surface area contributed by atoms with Crippen molar-refractivity contribution in [3.63, 3.8) is 0 Å². The highest BCUT2D eigenvalue weighted by atomic mass is 79.9. The first-order valence-electron chi connectivity index (χ1n) is 3.47. The summed E-state index contributed by atoms with van der Waals surface area (Å²) in [6.45, 7) is 0. The van der Waals surface area contributed by atoms with Gasteiger partial charge in [0.15, 0.2) is 0 Å². The number of hydrogen-bond acceptors (Lipinski definition) is 3. The highest BCUT2D eigenvalue weighted by Gasteiger charge is 2.11. The molecular weight excluding hydrogens is 254 g/mol. The molecule has 5 heteroatoms. The number of rotatable bonds is 1. The molecule has 0 aliphatic rings. The van der Waals surface area contributed by atoms with Crippen LogP contribution in [0.15, 0.2) is 22.7 Å². The fourth-order valence-corrected chi connectivity index (χ4v) is 2.42. The van der Waals surface area contributed by atoms with Gasteiger partial charge in [0.1, 0.15) is 0 Å². The van der Waals surface area contributed by atoms with Gasteiger partial charge in [0.25, 0.3) is 0 Å². The van der Waals surface area contributed by atoms with Gasteiger partial charge in [-0.2, -0.15) is 0 Å². The quantitative estimate of drug-likeness (QED) is 0.855. The normalized spacial score (nSPS) is 10.5. The lowest BCUT2D eigenvalue weighted by atomic mass is 10.3. The summed E-state index contributed by atoms with van der Waals surface area (Å²) < 4.78 is 1.71. The maximum Gasteiger partial charge on any atom is 0.365 e.